The molecular weight excluding hydrogens is 438 g/mol. The van der Waals surface area contributed by atoms with Crippen molar-refractivity contribution in [1.82, 2.24) is 9.88 Å². The minimum atomic E-state index is -0.230. The number of amides is 2. The first kappa shape index (κ1) is 23.2. The Morgan fingerprint density at radius 3 is 2.79 bits per heavy atom. The molecule has 1 aliphatic heterocycles. The van der Waals surface area contributed by atoms with E-state index in [0.29, 0.717) is 30.5 Å². The molecular formula is C25H29N3O4S. The molecule has 0 spiro atoms. The molecule has 2 aromatic heterocycles. The van der Waals surface area contributed by atoms with Gasteiger partial charge in [0.15, 0.2) is 0 Å². The molecule has 1 unspecified atom stereocenters. The maximum atomic E-state index is 13.3. The van der Waals surface area contributed by atoms with Crippen LogP contribution in [0.25, 0.3) is 10.8 Å². The predicted molar refractivity (Wildman–Crippen MR) is 128 cm³/mol. The van der Waals surface area contributed by atoms with Crippen LogP contribution in [0.1, 0.15) is 35.4 Å². The van der Waals surface area contributed by atoms with Crippen LogP contribution in [0.3, 0.4) is 0 Å². The average Bonchev–Trinajstić information content (AvgIpc) is 3.54. The van der Waals surface area contributed by atoms with Crippen molar-refractivity contribution in [3.05, 3.63) is 58.3 Å². The fourth-order valence-corrected chi connectivity index (χ4v) is 4.54. The molecule has 3 heterocycles. The zero-order valence-electron chi connectivity index (χ0n) is 19.2. The summed E-state index contributed by atoms with van der Waals surface area (Å²) in [5, 5.41) is 4.91. The number of carbonyl (C=O) groups excluding carboxylic acids is 2. The van der Waals surface area contributed by atoms with E-state index in [-0.39, 0.29) is 30.9 Å². The van der Waals surface area contributed by atoms with E-state index < -0.39 is 0 Å². The van der Waals surface area contributed by atoms with Crippen molar-refractivity contribution in [2.45, 2.75) is 46.1 Å². The summed E-state index contributed by atoms with van der Waals surface area (Å²) in [4.78, 5) is 33.2. The van der Waals surface area contributed by atoms with Gasteiger partial charge in [0.1, 0.15) is 5.76 Å². The van der Waals surface area contributed by atoms with E-state index >= 15 is 0 Å². The van der Waals surface area contributed by atoms with Gasteiger partial charge in [0, 0.05) is 18.8 Å². The number of nitrogens with one attached hydrogen (secondary N) is 1. The molecule has 0 radical (unpaired) electrons. The van der Waals surface area contributed by atoms with Gasteiger partial charge in [-0.1, -0.05) is 18.2 Å². The lowest BCUT2D eigenvalue weighted by molar-refractivity contribution is -0.135. The van der Waals surface area contributed by atoms with Gasteiger partial charge >= 0.3 is 0 Å². The first-order chi connectivity index (χ1) is 15.9. The van der Waals surface area contributed by atoms with E-state index in [1.807, 2.05) is 56.5 Å². The van der Waals surface area contributed by atoms with Gasteiger partial charge in [-0.3, -0.25) is 9.59 Å². The number of rotatable bonds is 8. The number of anilines is 1. The highest BCUT2D eigenvalue weighted by molar-refractivity contribution is 7.13. The van der Waals surface area contributed by atoms with E-state index in [1.54, 1.807) is 4.90 Å². The third-order valence-corrected chi connectivity index (χ3v) is 6.82. The van der Waals surface area contributed by atoms with Crippen molar-refractivity contribution in [2.75, 3.05) is 25.0 Å². The summed E-state index contributed by atoms with van der Waals surface area (Å²) in [6.45, 7) is 6.81. The number of benzene rings is 1. The summed E-state index contributed by atoms with van der Waals surface area (Å²) in [5.74, 6) is 0.731. The fraction of sp³-hybridized carbons (Fsp3) is 0.400. The van der Waals surface area contributed by atoms with E-state index in [1.165, 1.54) is 11.3 Å². The molecule has 2 amide bonds. The molecule has 0 saturated carbocycles. The summed E-state index contributed by atoms with van der Waals surface area (Å²) in [6, 6.07) is 9.65. The van der Waals surface area contributed by atoms with Crippen LogP contribution in [0.2, 0.25) is 0 Å². The molecule has 1 saturated heterocycles. The monoisotopic (exact) mass is 467 g/mol. The lowest BCUT2D eigenvalue weighted by atomic mass is 10.1. The molecule has 174 valence electrons. The molecule has 1 aliphatic rings. The second-order valence-electron chi connectivity index (χ2n) is 8.38. The number of hydrogen-bond acceptors (Lipinski definition) is 6. The van der Waals surface area contributed by atoms with E-state index in [9.17, 15) is 9.59 Å². The minimum Gasteiger partial charge on any atom is -0.440 e. The Bertz CT molecular complexity index is 1120. The first-order valence-corrected chi connectivity index (χ1v) is 12.0. The summed E-state index contributed by atoms with van der Waals surface area (Å²) in [6.07, 6.45) is 1.87. The standard InChI is InChI=1S/C25H29N3O4S/c1-16-7-4-9-20(17(16)2)26-23(29)15-28(14-19-8-5-11-31-19)24(30)13-21-18(3)32-25(27-21)22-10-6-12-33-22/h4,6-7,9-10,12,19H,5,8,11,13-15H2,1-3H3,(H,26,29). The van der Waals surface area contributed by atoms with Crippen LogP contribution in [0.5, 0.6) is 0 Å². The quantitative estimate of drug-likeness (QED) is 0.527. The van der Waals surface area contributed by atoms with Crippen molar-refractivity contribution in [1.29, 1.82) is 0 Å². The second kappa shape index (κ2) is 10.3. The lowest BCUT2D eigenvalue weighted by Gasteiger charge is -2.25. The molecule has 1 aromatic carbocycles. The van der Waals surface area contributed by atoms with E-state index in [0.717, 1.165) is 34.5 Å². The topological polar surface area (TPSA) is 84.7 Å². The molecule has 1 N–H and O–H groups in total. The van der Waals surface area contributed by atoms with Gasteiger partial charge in [-0.15, -0.1) is 11.3 Å². The van der Waals surface area contributed by atoms with Gasteiger partial charge in [0.25, 0.3) is 0 Å². The number of aryl methyl sites for hydroxylation is 2. The number of aromatic nitrogens is 1. The van der Waals surface area contributed by atoms with Crippen LogP contribution in [0.15, 0.2) is 40.1 Å². The molecule has 1 atom stereocenters. The molecule has 0 bridgehead atoms. The van der Waals surface area contributed by atoms with Gasteiger partial charge in [-0.05, 0) is 62.3 Å². The van der Waals surface area contributed by atoms with E-state index in [2.05, 4.69) is 10.3 Å². The summed E-state index contributed by atoms with van der Waals surface area (Å²) in [5.41, 5.74) is 3.47. The van der Waals surface area contributed by atoms with E-state index in [4.69, 9.17) is 9.15 Å². The number of ether oxygens (including phenoxy) is 1. The maximum absolute atomic E-state index is 13.3. The molecule has 8 heteroatoms. The number of oxazole rings is 1. The predicted octanol–water partition coefficient (Wildman–Crippen LogP) is 4.52. The van der Waals surface area contributed by atoms with Crippen LogP contribution in [0, 0.1) is 20.8 Å². The normalized spacial score (nSPS) is 15.5. The van der Waals surface area contributed by atoms with Crippen LogP contribution in [-0.2, 0) is 20.7 Å². The molecule has 1 fully saturated rings. The van der Waals surface area contributed by atoms with Gasteiger partial charge < -0.3 is 19.4 Å². The third-order valence-electron chi connectivity index (χ3n) is 5.96. The number of hydrogen-bond donors (Lipinski definition) is 1. The van der Waals surface area contributed by atoms with Crippen molar-refractivity contribution >= 4 is 28.8 Å². The molecule has 4 rings (SSSR count). The largest absolute Gasteiger partial charge is 0.440 e. The third kappa shape index (κ3) is 5.69. The highest BCUT2D eigenvalue weighted by atomic mass is 32.1. The summed E-state index contributed by atoms with van der Waals surface area (Å²) < 4.78 is 11.5. The molecule has 33 heavy (non-hydrogen) atoms. The van der Waals surface area contributed by atoms with Crippen molar-refractivity contribution in [2.24, 2.45) is 0 Å². The van der Waals surface area contributed by atoms with Crippen LogP contribution >= 0.6 is 11.3 Å². The maximum Gasteiger partial charge on any atom is 0.244 e. The van der Waals surface area contributed by atoms with Crippen molar-refractivity contribution < 1.29 is 18.7 Å². The Hall–Kier alpha value is -2.97. The second-order valence-corrected chi connectivity index (χ2v) is 9.33. The summed E-state index contributed by atoms with van der Waals surface area (Å²) >= 11 is 1.53. The smallest absolute Gasteiger partial charge is 0.244 e. The first-order valence-electron chi connectivity index (χ1n) is 11.2. The Morgan fingerprint density at radius 1 is 1.21 bits per heavy atom. The average molecular weight is 468 g/mol. The Balaban J connectivity index is 1.47. The van der Waals surface area contributed by atoms with Gasteiger partial charge in [0.2, 0.25) is 17.7 Å². The van der Waals surface area contributed by atoms with Gasteiger partial charge in [-0.25, -0.2) is 4.98 Å². The van der Waals surface area contributed by atoms with Gasteiger partial charge in [-0.2, -0.15) is 0 Å². The molecule has 7 nitrogen and oxygen atoms in total. The van der Waals surface area contributed by atoms with Crippen molar-refractivity contribution in [3.8, 4) is 10.8 Å². The zero-order chi connectivity index (χ0) is 23.4. The van der Waals surface area contributed by atoms with Crippen LogP contribution in [0.4, 0.5) is 5.69 Å². The fourth-order valence-electron chi connectivity index (χ4n) is 3.89. The SMILES string of the molecule is Cc1cccc(NC(=O)CN(CC2CCCO2)C(=O)Cc2nc(-c3cccs3)oc2C)c1C. The number of nitrogens with zero attached hydrogens (tertiary/aromatic N) is 2. The Kier molecular flexibility index (Phi) is 7.25. The molecule has 0 aliphatic carbocycles. The minimum absolute atomic E-state index is 0.0409. The summed E-state index contributed by atoms with van der Waals surface area (Å²) in [7, 11) is 0. The molecule has 3 aromatic rings. The Morgan fingerprint density at radius 2 is 2.06 bits per heavy atom. The van der Waals surface area contributed by atoms with Gasteiger partial charge in [0.05, 0.1) is 29.6 Å². The lowest BCUT2D eigenvalue weighted by Crippen LogP contribution is -2.43. The zero-order valence-corrected chi connectivity index (χ0v) is 20.0. The van der Waals surface area contributed by atoms with Crippen LogP contribution in [-0.4, -0.2) is 47.5 Å². The highest BCUT2D eigenvalue weighted by Gasteiger charge is 2.26. The Labute approximate surface area is 197 Å². The number of carbonyl (C=O) groups is 2. The highest BCUT2D eigenvalue weighted by Crippen LogP contribution is 2.26. The van der Waals surface area contributed by atoms with Crippen molar-refractivity contribution in [3.63, 3.8) is 0 Å². The van der Waals surface area contributed by atoms with Crippen LogP contribution < -0.4 is 5.32 Å². The number of thiophene rings is 1.